The van der Waals surface area contributed by atoms with E-state index in [0.717, 1.165) is 12.2 Å². The molecule has 2 N–H and O–H groups in total. The minimum absolute atomic E-state index is 0.434. The Kier molecular flexibility index (Phi) is 6.52. The maximum Gasteiger partial charge on any atom is 0.179 e. The Morgan fingerprint density at radius 1 is 1.00 bits per heavy atom. The molecule has 0 heterocycles. The highest BCUT2D eigenvalue weighted by atomic mass is 16.3. The molecule has 21 heavy (non-hydrogen) atoms. The van der Waals surface area contributed by atoms with Crippen LogP contribution in [0.4, 0.5) is 5.69 Å². The third-order valence-electron chi connectivity index (χ3n) is 3.13. The van der Waals surface area contributed by atoms with E-state index in [1.54, 1.807) is 30.3 Å². The lowest BCUT2D eigenvalue weighted by atomic mass is 10.0. The second kappa shape index (κ2) is 8.14. The van der Waals surface area contributed by atoms with Crippen molar-refractivity contribution in [3.63, 3.8) is 0 Å². The highest BCUT2D eigenvalue weighted by molar-refractivity contribution is 6.01. The van der Waals surface area contributed by atoms with Gasteiger partial charge in [-0.2, -0.15) is 0 Å². The van der Waals surface area contributed by atoms with Crippen LogP contribution >= 0.6 is 0 Å². The van der Waals surface area contributed by atoms with Crippen molar-refractivity contribution in [2.75, 3.05) is 18.1 Å². The van der Waals surface area contributed by atoms with Crippen molar-refractivity contribution >= 4 is 17.3 Å². The van der Waals surface area contributed by atoms with Crippen molar-refractivity contribution in [1.29, 1.82) is 0 Å². The van der Waals surface area contributed by atoms with E-state index < -0.39 is 36.9 Å². The average Bonchev–Trinajstić information content (AvgIpc) is 2.54. The normalized spacial score (nSPS) is 13.0. The molecule has 2 unspecified atom stereocenters. The standard InChI is InChI=1S/C16H19NO4/c1-3-15(20)13(10-18)17(12-8-6-5-7-9-12)14(11-19)16(21)4-2/h3-9,13-14,18-19H,1-2,10-11H2. The molecular formula is C16H19NO4. The van der Waals surface area contributed by atoms with Crippen LogP contribution in [0.25, 0.3) is 0 Å². The van der Waals surface area contributed by atoms with Gasteiger partial charge in [-0.3, -0.25) is 9.59 Å². The molecule has 0 spiro atoms. The van der Waals surface area contributed by atoms with E-state index in [1.807, 2.05) is 0 Å². The fourth-order valence-electron chi connectivity index (χ4n) is 2.08. The molecule has 0 aliphatic rings. The molecule has 0 radical (unpaired) electrons. The number of carbonyl (C=O) groups excluding carboxylic acids is 2. The number of para-hydroxylation sites is 1. The maximum atomic E-state index is 12.0. The number of hydrogen-bond donors (Lipinski definition) is 2. The van der Waals surface area contributed by atoms with Crippen molar-refractivity contribution in [1.82, 2.24) is 0 Å². The van der Waals surface area contributed by atoms with E-state index in [-0.39, 0.29) is 0 Å². The number of carbonyl (C=O) groups is 2. The van der Waals surface area contributed by atoms with Gasteiger partial charge in [0.1, 0.15) is 12.1 Å². The second-order valence-corrected chi connectivity index (χ2v) is 4.35. The Morgan fingerprint density at radius 3 is 1.76 bits per heavy atom. The topological polar surface area (TPSA) is 77.8 Å². The minimum atomic E-state index is -0.994. The van der Waals surface area contributed by atoms with Crippen LogP contribution in [0.2, 0.25) is 0 Å². The molecule has 0 bridgehead atoms. The van der Waals surface area contributed by atoms with Gasteiger partial charge < -0.3 is 15.1 Å². The van der Waals surface area contributed by atoms with Gasteiger partial charge >= 0.3 is 0 Å². The van der Waals surface area contributed by atoms with Crippen LogP contribution in [-0.4, -0.2) is 47.1 Å². The smallest absolute Gasteiger partial charge is 0.179 e. The zero-order valence-corrected chi connectivity index (χ0v) is 11.7. The summed E-state index contributed by atoms with van der Waals surface area (Å²) in [5, 5.41) is 19.1. The molecule has 2 atom stereocenters. The third-order valence-corrected chi connectivity index (χ3v) is 3.13. The molecule has 0 amide bonds. The summed E-state index contributed by atoms with van der Waals surface area (Å²) in [5.41, 5.74) is 0.543. The van der Waals surface area contributed by atoms with Gasteiger partial charge in [0.15, 0.2) is 11.6 Å². The molecule has 0 aromatic heterocycles. The van der Waals surface area contributed by atoms with E-state index in [2.05, 4.69) is 13.2 Å². The highest BCUT2D eigenvalue weighted by Gasteiger charge is 2.32. The monoisotopic (exact) mass is 289 g/mol. The van der Waals surface area contributed by atoms with Gasteiger partial charge in [0.25, 0.3) is 0 Å². The summed E-state index contributed by atoms with van der Waals surface area (Å²) >= 11 is 0. The molecule has 1 rings (SSSR count). The fraction of sp³-hybridized carbons (Fsp3) is 0.250. The van der Waals surface area contributed by atoms with Crippen LogP contribution in [0.1, 0.15) is 0 Å². The third kappa shape index (κ3) is 3.87. The zero-order chi connectivity index (χ0) is 15.8. The predicted molar refractivity (Wildman–Crippen MR) is 81.1 cm³/mol. The van der Waals surface area contributed by atoms with Crippen molar-refractivity contribution in [2.24, 2.45) is 0 Å². The quantitative estimate of drug-likeness (QED) is 0.655. The first kappa shape index (κ1) is 16.8. The Morgan fingerprint density at radius 2 is 1.43 bits per heavy atom. The largest absolute Gasteiger partial charge is 0.394 e. The second-order valence-electron chi connectivity index (χ2n) is 4.35. The number of rotatable bonds is 9. The number of hydrogen-bond acceptors (Lipinski definition) is 5. The molecule has 112 valence electrons. The number of ketones is 2. The van der Waals surface area contributed by atoms with Crippen molar-refractivity contribution in [3.8, 4) is 0 Å². The molecule has 1 aromatic rings. The van der Waals surface area contributed by atoms with Gasteiger partial charge in [-0.25, -0.2) is 0 Å². The van der Waals surface area contributed by atoms with Crippen LogP contribution in [0.15, 0.2) is 55.6 Å². The summed E-state index contributed by atoms with van der Waals surface area (Å²) in [6.07, 6.45) is 2.17. The Hall–Kier alpha value is -2.24. The van der Waals surface area contributed by atoms with Crippen molar-refractivity contribution < 1.29 is 19.8 Å². The lowest BCUT2D eigenvalue weighted by Crippen LogP contribution is -2.53. The Balaban J connectivity index is 3.34. The van der Waals surface area contributed by atoms with Crippen molar-refractivity contribution in [2.45, 2.75) is 12.1 Å². The summed E-state index contributed by atoms with van der Waals surface area (Å²) in [7, 11) is 0. The number of aliphatic hydroxyl groups is 2. The summed E-state index contributed by atoms with van der Waals surface area (Å²) < 4.78 is 0. The van der Waals surface area contributed by atoms with Crippen LogP contribution in [0.3, 0.4) is 0 Å². The summed E-state index contributed by atoms with van der Waals surface area (Å²) in [6.45, 7) is 5.80. The highest BCUT2D eigenvalue weighted by Crippen LogP contribution is 2.21. The summed E-state index contributed by atoms with van der Waals surface area (Å²) in [5.74, 6) is -0.867. The van der Waals surface area contributed by atoms with Gasteiger partial charge in [0, 0.05) is 5.69 Å². The first-order chi connectivity index (χ1) is 10.1. The number of aliphatic hydroxyl groups excluding tert-OH is 2. The van der Waals surface area contributed by atoms with Gasteiger partial charge in [-0.15, -0.1) is 0 Å². The van der Waals surface area contributed by atoms with Crippen LogP contribution < -0.4 is 4.90 Å². The molecule has 5 heteroatoms. The molecule has 5 nitrogen and oxygen atoms in total. The SMILES string of the molecule is C=CC(=O)C(CO)N(c1ccccc1)C(CO)C(=O)C=C. The lowest BCUT2D eigenvalue weighted by molar-refractivity contribution is -0.118. The first-order valence-corrected chi connectivity index (χ1v) is 6.48. The van der Waals surface area contributed by atoms with Crippen LogP contribution in [0, 0.1) is 0 Å². The minimum Gasteiger partial charge on any atom is -0.394 e. The number of nitrogens with zero attached hydrogens (tertiary/aromatic N) is 1. The predicted octanol–water partition coefficient (Wildman–Crippen LogP) is 0.725. The van der Waals surface area contributed by atoms with E-state index in [4.69, 9.17) is 0 Å². The summed E-state index contributed by atoms with van der Waals surface area (Å²) in [6, 6.07) is 6.66. The van der Waals surface area contributed by atoms with E-state index in [1.165, 1.54) is 4.90 Å². The Labute approximate surface area is 123 Å². The number of anilines is 1. The van der Waals surface area contributed by atoms with Crippen LogP contribution in [0.5, 0.6) is 0 Å². The molecule has 0 saturated heterocycles. The fourth-order valence-corrected chi connectivity index (χ4v) is 2.08. The molecule has 0 aliphatic carbocycles. The molecule has 0 fully saturated rings. The number of benzene rings is 1. The molecular weight excluding hydrogens is 270 g/mol. The van der Waals surface area contributed by atoms with E-state index >= 15 is 0 Å². The van der Waals surface area contributed by atoms with Gasteiger partial charge in [-0.05, 0) is 24.3 Å². The molecule has 0 aliphatic heterocycles. The van der Waals surface area contributed by atoms with E-state index in [9.17, 15) is 19.8 Å². The Bertz CT molecular complexity index is 484. The van der Waals surface area contributed by atoms with Crippen LogP contribution in [-0.2, 0) is 9.59 Å². The maximum absolute atomic E-state index is 12.0. The summed E-state index contributed by atoms with van der Waals surface area (Å²) in [4.78, 5) is 25.3. The van der Waals surface area contributed by atoms with Crippen molar-refractivity contribution in [3.05, 3.63) is 55.6 Å². The zero-order valence-electron chi connectivity index (χ0n) is 11.7. The molecule has 0 saturated carbocycles. The van der Waals surface area contributed by atoms with E-state index in [0.29, 0.717) is 5.69 Å². The van der Waals surface area contributed by atoms with Gasteiger partial charge in [0.05, 0.1) is 13.2 Å². The lowest BCUT2D eigenvalue weighted by Gasteiger charge is -2.36. The average molecular weight is 289 g/mol. The van der Waals surface area contributed by atoms with Gasteiger partial charge in [0.2, 0.25) is 0 Å². The first-order valence-electron chi connectivity index (χ1n) is 6.48. The molecule has 1 aromatic carbocycles. The van der Waals surface area contributed by atoms with Gasteiger partial charge in [-0.1, -0.05) is 31.4 Å².